The van der Waals surface area contributed by atoms with E-state index in [1.807, 2.05) is 24.3 Å². The Hall–Kier alpha value is -1.92. The van der Waals surface area contributed by atoms with Crippen LogP contribution in [0.1, 0.15) is 39.0 Å². The minimum absolute atomic E-state index is 0.0926. The van der Waals surface area contributed by atoms with E-state index in [1.165, 1.54) is 6.42 Å². The molecule has 0 radical (unpaired) electrons. The molecule has 1 aliphatic carbocycles. The van der Waals surface area contributed by atoms with Crippen molar-refractivity contribution >= 4 is 26.7 Å². The standard InChI is InChI=1S/C20H26N2O3S/c1-15-6-2-5-9-19(15)22-20(23)12-13-21-26(24,25)18-11-10-16-7-3-4-8-17(16)14-18/h3-4,7-8,10-11,14-15,19,21H,2,5-6,9,12-13H2,1H3,(H,22,23)/t15-,19-/m0/s1. The summed E-state index contributed by atoms with van der Waals surface area (Å²) in [6.07, 6.45) is 4.66. The summed E-state index contributed by atoms with van der Waals surface area (Å²) in [7, 11) is -3.62. The van der Waals surface area contributed by atoms with E-state index in [0.29, 0.717) is 5.92 Å². The third-order valence-corrected chi connectivity index (χ3v) is 6.59. The maximum Gasteiger partial charge on any atom is 0.240 e. The van der Waals surface area contributed by atoms with E-state index in [-0.39, 0.29) is 29.8 Å². The van der Waals surface area contributed by atoms with Crippen molar-refractivity contribution in [3.63, 3.8) is 0 Å². The lowest BCUT2D eigenvalue weighted by Gasteiger charge is -2.29. The number of carbonyl (C=O) groups is 1. The predicted octanol–water partition coefficient (Wildman–Crippen LogP) is 3.20. The molecule has 1 saturated carbocycles. The number of hydrogen-bond acceptors (Lipinski definition) is 3. The van der Waals surface area contributed by atoms with Gasteiger partial charge in [0.1, 0.15) is 0 Å². The zero-order chi connectivity index (χ0) is 18.6. The summed E-state index contributed by atoms with van der Waals surface area (Å²) in [5.74, 6) is 0.395. The molecule has 140 valence electrons. The van der Waals surface area contributed by atoms with Crippen molar-refractivity contribution in [1.29, 1.82) is 0 Å². The Balaban J connectivity index is 1.55. The van der Waals surface area contributed by atoms with Crippen molar-refractivity contribution < 1.29 is 13.2 Å². The van der Waals surface area contributed by atoms with Gasteiger partial charge in [-0.25, -0.2) is 13.1 Å². The third-order valence-electron chi connectivity index (χ3n) is 5.13. The molecule has 6 heteroatoms. The zero-order valence-electron chi connectivity index (χ0n) is 15.1. The highest BCUT2D eigenvalue weighted by Crippen LogP contribution is 2.23. The van der Waals surface area contributed by atoms with E-state index >= 15 is 0 Å². The van der Waals surface area contributed by atoms with Gasteiger partial charge in [0.15, 0.2) is 0 Å². The van der Waals surface area contributed by atoms with E-state index in [2.05, 4.69) is 17.0 Å². The first-order chi connectivity index (χ1) is 12.5. The number of hydrogen-bond donors (Lipinski definition) is 2. The molecule has 1 fully saturated rings. The number of nitrogens with one attached hydrogen (secondary N) is 2. The average molecular weight is 375 g/mol. The summed E-state index contributed by atoms with van der Waals surface area (Å²) >= 11 is 0. The van der Waals surface area contributed by atoms with Crippen LogP contribution in [0.5, 0.6) is 0 Å². The molecule has 1 aliphatic rings. The van der Waals surface area contributed by atoms with Crippen LogP contribution in [0.25, 0.3) is 10.8 Å². The van der Waals surface area contributed by atoms with Crippen molar-refractivity contribution in [3.05, 3.63) is 42.5 Å². The minimum Gasteiger partial charge on any atom is -0.353 e. The van der Waals surface area contributed by atoms with Gasteiger partial charge in [0.2, 0.25) is 15.9 Å². The topological polar surface area (TPSA) is 75.3 Å². The quantitative estimate of drug-likeness (QED) is 0.815. The van der Waals surface area contributed by atoms with Gasteiger partial charge < -0.3 is 5.32 Å². The van der Waals surface area contributed by atoms with Crippen LogP contribution in [0.3, 0.4) is 0 Å². The molecule has 1 amide bonds. The normalized spacial score (nSPS) is 20.8. The summed E-state index contributed by atoms with van der Waals surface area (Å²) in [5, 5.41) is 4.91. The Kier molecular flexibility index (Phi) is 5.94. The Bertz CT molecular complexity index is 880. The predicted molar refractivity (Wildman–Crippen MR) is 103 cm³/mol. The van der Waals surface area contributed by atoms with Gasteiger partial charge in [-0.3, -0.25) is 4.79 Å². The van der Waals surface area contributed by atoms with Crippen LogP contribution in [0.2, 0.25) is 0 Å². The average Bonchev–Trinajstić information content (AvgIpc) is 2.63. The van der Waals surface area contributed by atoms with Crippen LogP contribution in [-0.4, -0.2) is 26.9 Å². The number of sulfonamides is 1. The molecule has 2 aromatic carbocycles. The highest BCUT2D eigenvalue weighted by Gasteiger charge is 2.23. The summed E-state index contributed by atoms with van der Waals surface area (Å²) < 4.78 is 27.4. The van der Waals surface area contributed by atoms with Gasteiger partial charge in [-0.15, -0.1) is 0 Å². The number of benzene rings is 2. The van der Waals surface area contributed by atoms with Crippen molar-refractivity contribution in [3.8, 4) is 0 Å². The third kappa shape index (κ3) is 4.62. The van der Waals surface area contributed by atoms with Crippen LogP contribution in [-0.2, 0) is 14.8 Å². The molecule has 3 rings (SSSR count). The van der Waals surface area contributed by atoms with E-state index in [1.54, 1.807) is 18.2 Å². The SMILES string of the molecule is C[C@H]1CCCC[C@@H]1NC(=O)CCNS(=O)(=O)c1ccc2ccccc2c1. The molecule has 2 N–H and O–H groups in total. The van der Waals surface area contributed by atoms with Crippen LogP contribution >= 0.6 is 0 Å². The van der Waals surface area contributed by atoms with Crippen LogP contribution in [0, 0.1) is 5.92 Å². The zero-order valence-corrected chi connectivity index (χ0v) is 15.9. The summed E-state index contributed by atoms with van der Waals surface area (Å²) in [5.41, 5.74) is 0. The van der Waals surface area contributed by atoms with Gasteiger partial charge in [0.05, 0.1) is 4.90 Å². The monoisotopic (exact) mass is 374 g/mol. The van der Waals surface area contributed by atoms with Gasteiger partial charge in [-0.2, -0.15) is 0 Å². The van der Waals surface area contributed by atoms with E-state index < -0.39 is 10.0 Å². The Labute approximate surface area is 155 Å². The van der Waals surface area contributed by atoms with Crippen LogP contribution in [0.15, 0.2) is 47.4 Å². The molecular weight excluding hydrogens is 348 g/mol. The second-order valence-corrected chi connectivity index (χ2v) is 8.86. The van der Waals surface area contributed by atoms with Gasteiger partial charge in [-0.1, -0.05) is 50.1 Å². The Morgan fingerprint density at radius 1 is 1.08 bits per heavy atom. The van der Waals surface area contributed by atoms with E-state index in [9.17, 15) is 13.2 Å². The molecule has 0 heterocycles. The largest absolute Gasteiger partial charge is 0.353 e. The molecule has 2 atom stereocenters. The van der Waals surface area contributed by atoms with Crippen molar-refractivity contribution in [2.45, 2.75) is 50.0 Å². The number of carbonyl (C=O) groups excluding carboxylic acids is 1. The van der Waals surface area contributed by atoms with Gasteiger partial charge in [0.25, 0.3) is 0 Å². The lowest BCUT2D eigenvalue weighted by molar-refractivity contribution is -0.122. The second kappa shape index (κ2) is 8.18. The van der Waals surface area contributed by atoms with Crippen molar-refractivity contribution in [2.75, 3.05) is 6.54 Å². The Morgan fingerprint density at radius 3 is 2.58 bits per heavy atom. The van der Waals surface area contributed by atoms with Crippen LogP contribution < -0.4 is 10.0 Å². The smallest absolute Gasteiger partial charge is 0.240 e. The molecule has 0 aromatic heterocycles. The first-order valence-corrected chi connectivity index (χ1v) is 10.7. The number of rotatable bonds is 6. The van der Waals surface area contributed by atoms with E-state index in [4.69, 9.17) is 0 Å². The number of amides is 1. The maximum atomic E-state index is 12.5. The molecule has 0 saturated heterocycles. The van der Waals surface area contributed by atoms with Gasteiger partial charge in [-0.05, 0) is 41.7 Å². The molecule has 0 spiro atoms. The molecular formula is C20H26N2O3S. The first-order valence-electron chi connectivity index (χ1n) is 9.23. The van der Waals surface area contributed by atoms with Crippen molar-refractivity contribution in [2.24, 2.45) is 5.92 Å². The highest BCUT2D eigenvalue weighted by atomic mass is 32.2. The fraction of sp³-hybridized carbons (Fsp3) is 0.450. The molecule has 0 bridgehead atoms. The van der Waals surface area contributed by atoms with Gasteiger partial charge >= 0.3 is 0 Å². The van der Waals surface area contributed by atoms with Gasteiger partial charge in [0, 0.05) is 19.0 Å². The lowest BCUT2D eigenvalue weighted by atomic mass is 9.86. The summed E-state index contributed by atoms with van der Waals surface area (Å²) in [6, 6.07) is 12.9. The fourth-order valence-electron chi connectivity index (χ4n) is 3.53. The highest BCUT2D eigenvalue weighted by molar-refractivity contribution is 7.89. The first kappa shape index (κ1) is 18.9. The van der Waals surface area contributed by atoms with Crippen molar-refractivity contribution in [1.82, 2.24) is 10.0 Å². The molecule has 0 unspecified atom stereocenters. The van der Waals surface area contributed by atoms with E-state index in [0.717, 1.165) is 30.0 Å². The lowest BCUT2D eigenvalue weighted by Crippen LogP contribution is -2.42. The second-order valence-electron chi connectivity index (χ2n) is 7.09. The molecule has 0 aliphatic heterocycles. The fourth-order valence-corrected chi connectivity index (χ4v) is 4.59. The molecule has 26 heavy (non-hydrogen) atoms. The van der Waals surface area contributed by atoms with Crippen LogP contribution in [0.4, 0.5) is 0 Å². The number of fused-ring (bicyclic) bond motifs is 1. The maximum absolute atomic E-state index is 12.5. The Morgan fingerprint density at radius 2 is 1.81 bits per heavy atom. The molecule has 2 aromatic rings. The minimum atomic E-state index is -3.62. The molecule has 5 nitrogen and oxygen atoms in total. The summed E-state index contributed by atoms with van der Waals surface area (Å²) in [6.45, 7) is 2.26. The summed E-state index contributed by atoms with van der Waals surface area (Å²) in [4.78, 5) is 12.3.